The summed E-state index contributed by atoms with van der Waals surface area (Å²) in [4.78, 5) is 33.2. The van der Waals surface area contributed by atoms with E-state index in [9.17, 15) is 9.59 Å². The third-order valence-corrected chi connectivity index (χ3v) is 3.83. The fourth-order valence-electron chi connectivity index (χ4n) is 1.83. The Labute approximate surface area is 132 Å². The molecule has 0 aliphatic heterocycles. The van der Waals surface area contributed by atoms with Gasteiger partial charge in [0.25, 0.3) is 5.78 Å². The first kappa shape index (κ1) is 16.2. The summed E-state index contributed by atoms with van der Waals surface area (Å²) < 4.78 is 1.65. The number of carbonyl (C=O) groups is 2. The topological polar surface area (TPSA) is 92.5 Å². The van der Waals surface area contributed by atoms with Gasteiger partial charge in [-0.05, 0) is 19.9 Å². The minimum Gasteiger partial charge on any atom is -0.358 e. The van der Waals surface area contributed by atoms with Crippen molar-refractivity contribution in [3.63, 3.8) is 0 Å². The van der Waals surface area contributed by atoms with Crippen molar-refractivity contribution in [3.05, 3.63) is 17.5 Å². The number of hydrogen-bond acceptors (Lipinski definition) is 6. The van der Waals surface area contributed by atoms with E-state index in [0.717, 1.165) is 11.4 Å². The van der Waals surface area contributed by atoms with Gasteiger partial charge in [0.05, 0.1) is 12.3 Å². The van der Waals surface area contributed by atoms with Gasteiger partial charge in [-0.2, -0.15) is 4.98 Å². The number of aromatic nitrogens is 4. The molecular formula is C13H18N6O2S. The molecule has 0 fully saturated rings. The second kappa shape index (κ2) is 6.73. The maximum absolute atomic E-state index is 12.0. The van der Waals surface area contributed by atoms with Gasteiger partial charge >= 0.3 is 0 Å². The van der Waals surface area contributed by atoms with Crippen LogP contribution < -0.4 is 5.32 Å². The molecule has 0 aromatic carbocycles. The minimum atomic E-state index is -0.206. The molecule has 0 atom stereocenters. The zero-order valence-corrected chi connectivity index (χ0v) is 13.8. The van der Waals surface area contributed by atoms with E-state index < -0.39 is 0 Å². The number of nitrogens with one attached hydrogen (secondary N) is 1. The van der Waals surface area contributed by atoms with E-state index in [2.05, 4.69) is 20.4 Å². The maximum Gasteiger partial charge on any atom is 0.253 e. The number of fused-ring (bicyclic) bond motifs is 1. The van der Waals surface area contributed by atoms with Crippen molar-refractivity contribution in [2.24, 2.45) is 0 Å². The lowest BCUT2D eigenvalue weighted by atomic mass is 10.4. The molecule has 2 aromatic rings. The van der Waals surface area contributed by atoms with Crippen LogP contribution in [0.2, 0.25) is 0 Å². The summed E-state index contributed by atoms with van der Waals surface area (Å²) in [6, 6.07) is 1.92. The average Bonchev–Trinajstić information content (AvgIpc) is 2.87. The Bertz CT molecular complexity index is 714. The molecule has 1 N–H and O–H groups in total. The monoisotopic (exact) mass is 322 g/mol. The highest BCUT2D eigenvalue weighted by atomic mass is 32.2. The normalized spacial score (nSPS) is 10.7. The molecule has 22 heavy (non-hydrogen) atoms. The highest BCUT2D eigenvalue weighted by Gasteiger charge is 2.14. The number of aryl methyl sites for hydroxylation is 2. The fourth-order valence-corrected chi connectivity index (χ4v) is 2.59. The second-order valence-electron chi connectivity index (χ2n) is 4.86. The van der Waals surface area contributed by atoms with Crippen molar-refractivity contribution in [1.82, 2.24) is 29.8 Å². The number of rotatable bonds is 5. The van der Waals surface area contributed by atoms with Gasteiger partial charge < -0.3 is 10.2 Å². The Morgan fingerprint density at radius 3 is 2.77 bits per heavy atom. The van der Waals surface area contributed by atoms with Crippen molar-refractivity contribution >= 4 is 29.4 Å². The Morgan fingerprint density at radius 2 is 2.09 bits per heavy atom. The number of carbonyl (C=O) groups excluding carboxylic acids is 2. The minimum absolute atomic E-state index is 0.0361. The van der Waals surface area contributed by atoms with Crippen LogP contribution in [0.5, 0.6) is 0 Å². The average molecular weight is 322 g/mol. The molecule has 2 aromatic heterocycles. The smallest absolute Gasteiger partial charge is 0.253 e. The van der Waals surface area contributed by atoms with E-state index in [1.165, 1.54) is 23.7 Å². The molecular weight excluding hydrogens is 304 g/mol. The van der Waals surface area contributed by atoms with Crippen molar-refractivity contribution in [2.75, 3.05) is 26.4 Å². The number of amides is 2. The highest BCUT2D eigenvalue weighted by molar-refractivity contribution is 7.99. The number of nitrogens with zero attached hydrogens (tertiary/aromatic N) is 5. The van der Waals surface area contributed by atoms with Gasteiger partial charge in [0.15, 0.2) is 0 Å². The fraction of sp³-hybridized carbons (Fsp3) is 0.462. The molecule has 118 valence electrons. The van der Waals surface area contributed by atoms with Crippen LogP contribution in [-0.2, 0) is 9.59 Å². The molecule has 0 saturated heterocycles. The van der Waals surface area contributed by atoms with Crippen LogP contribution in [0, 0.1) is 13.8 Å². The molecule has 0 saturated carbocycles. The molecule has 2 amide bonds. The van der Waals surface area contributed by atoms with E-state index in [1.807, 2.05) is 19.9 Å². The van der Waals surface area contributed by atoms with Gasteiger partial charge in [-0.25, -0.2) is 9.50 Å². The maximum atomic E-state index is 12.0. The van der Waals surface area contributed by atoms with Crippen LogP contribution in [0.4, 0.5) is 0 Å². The van der Waals surface area contributed by atoms with Gasteiger partial charge in [0, 0.05) is 25.5 Å². The molecule has 9 heteroatoms. The van der Waals surface area contributed by atoms with E-state index in [0.29, 0.717) is 10.9 Å². The predicted octanol–water partition coefficient (Wildman–Crippen LogP) is 0.0376. The first-order valence-electron chi connectivity index (χ1n) is 6.69. The number of thioether (sulfide) groups is 1. The Balaban J connectivity index is 2.01. The third kappa shape index (κ3) is 3.73. The quantitative estimate of drug-likeness (QED) is 0.781. The van der Waals surface area contributed by atoms with Crippen LogP contribution in [0.25, 0.3) is 5.78 Å². The summed E-state index contributed by atoms with van der Waals surface area (Å²) in [5, 5.41) is 7.28. The van der Waals surface area contributed by atoms with Gasteiger partial charge in [-0.3, -0.25) is 9.59 Å². The van der Waals surface area contributed by atoms with E-state index >= 15 is 0 Å². The van der Waals surface area contributed by atoms with Crippen LogP contribution in [0.1, 0.15) is 11.4 Å². The zero-order valence-electron chi connectivity index (χ0n) is 13.0. The lowest BCUT2D eigenvalue weighted by Crippen LogP contribution is -2.37. The molecule has 2 rings (SSSR count). The summed E-state index contributed by atoms with van der Waals surface area (Å²) in [6.07, 6.45) is 0. The first-order valence-corrected chi connectivity index (χ1v) is 7.67. The standard InChI is InChI=1S/C13H18N6O2S/c1-8-5-9(2)19-12(15-8)16-13(17-19)22-7-11(21)18(4)6-10(20)14-3/h5H,6-7H2,1-4H3,(H,14,20). The molecule has 8 nitrogen and oxygen atoms in total. The molecule has 0 radical (unpaired) electrons. The van der Waals surface area contributed by atoms with Crippen LogP contribution in [0.3, 0.4) is 0 Å². The molecule has 0 unspecified atom stereocenters. The molecule has 2 heterocycles. The van der Waals surface area contributed by atoms with Crippen LogP contribution in [-0.4, -0.2) is 62.7 Å². The van der Waals surface area contributed by atoms with Crippen LogP contribution in [0.15, 0.2) is 11.2 Å². The van der Waals surface area contributed by atoms with Crippen molar-refractivity contribution < 1.29 is 9.59 Å². The second-order valence-corrected chi connectivity index (χ2v) is 5.80. The van der Waals surface area contributed by atoms with Crippen LogP contribution >= 0.6 is 11.8 Å². The SMILES string of the molecule is CNC(=O)CN(C)C(=O)CSc1nc2nc(C)cc(C)n2n1. The van der Waals surface area contributed by atoms with E-state index in [4.69, 9.17) is 0 Å². The van der Waals surface area contributed by atoms with E-state index in [1.54, 1.807) is 11.6 Å². The van der Waals surface area contributed by atoms with Gasteiger partial charge in [-0.15, -0.1) is 5.10 Å². The highest BCUT2D eigenvalue weighted by Crippen LogP contribution is 2.15. The zero-order chi connectivity index (χ0) is 16.3. The Hall–Kier alpha value is -2.16. The lowest BCUT2D eigenvalue weighted by Gasteiger charge is -2.15. The first-order chi connectivity index (χ1) is 10.4. The number of likely N-dealkylation sites (N-methyl/N-ethyl adjacent to an activating group) is 2. The van der Waals surface area contributed by atoms with E-state index in [-0.39, 0.29) is 24.1 Å². The van der Waals surface area contributed by atoms with Crippen molar-refractivity contribution in [2.45, 2.75) is 19.0 Å². The van der Waals surface area contributed by atoms with Gasteiger partial charge in [0.2, 0.25) is 17.0 Å². The summed E-state index contributed by atoms with van der Waals surface area (Å²) in [5.74, 6) is 0.323. The summed E-state index contributed by atoms with van der Waals surface area (Å²) in [5.41, 5.74) is 1.81. The molecule has 0 aliphatic carbocycles. The molecule has 0 bridgehead atoms. The summed E-state index contributed by atoms with van der Waals surface area (Å²) >= 11 is 1.23. The summed E-state index contributed by atoms with van der Waals surface area (Å²) in [7, 11) is 3.12. The third-order valence-electron chi connectivity index (χ3n) is 3.01. The molecule has 0 spiro atoms. The largest absolute Gasteiger partial charge is 0.358 e. The number of hydrogen-bond donors (Lipinski definition) is 1. The summed E-state index contributed by atoms with van der Waals surface area (Å²) in [6.45, 7) is 3.85. The molecule has 0 aliphatic rings. The van der Waals surface area contributed by atoms with Gasteiger partial charge in [-0.1, -0.05) is 11.8 Å². The van der Waals surface area contributed by atoms with Gasteiger partial charge in [0.1, 0.15) is 0 Å². The van der Waals surface area contributed by atoms with Crippen molar-refractivity contribution in [3.8, 4) is 0 Å². The Morgan fingerprint density at radius 1 is 1.36 bits per heavy atom. The predicted molar refractivity (Wildman–Crippen MR) is 82.7 cm³/mol. The lowest BCUT2D eigenvalue weighted by molar-refractivity contribution is -0.132. The van der Waals surface area contributed by atoms with Crippen molar-refractivity contribution in [1.29, 1.82) is 0 Å². The Kier molecular flexibility index (Phi) is 4.96.